The van der Waals surface area contributed by atoms with Gasteiger partial charge in [0, 0.05) is 18.8 Å². The average Bonchev–Trinajstić information content (AvgIpc) is 2.79. The standard InChI is InChI=1S/C22H26N2O6S/c1-2-29-22(26)17-6-8-18(9-7-17)23-21(25)16-30-19-10-12-20(13-11-19)31(27,28)24-14-4-3-5-15-24/h6-13H,2-5,14-16H2,1H3,(H,23,25). The fourth-order valence-electron chi connectivity index (χ4n) is 3.21. The zero-order valence-corrected chi connectivity index (χ0v) is 18.2. The van der Waals surface area contributed by atoms with Crippen molar-refractivity contribution in [1.82, 2.24) is 4.31 Å². The predicted octanol–water partition coefficient (Wildman–Crippen LogP) is 3.06. The fraction of sp³-hybridized carbons (Fsp3) is 0.364. The smallest absolute Gasteiger partial charge is 0.338 e. The van der Waals surface area contributed by atoms with E-state index in [1.165, 1.54) is 28.6 Å². The van der Waals surface area contributed by atoms with Gasteiger partial charge in [-0.1, -0.05) is 6.42 Å². The first kappa shape index (κ1) is 22.8. The zero-order chi connectivity index (χ0) is 22.3. The monoisotopic (exact) mass is 446 g/mol. The van der Waals surface area contributed by atoms with Gasteiger partial charge in [0.05, 0.1) is 17.1 Å². The molecule has 9 heteroatoms. The minimum absolute atomic E-state index is 0.216. The Morgan fingerprint density at radius 2 is 1.61 bits per heavy atom. The zero-order valence-electron chi connectivity index (χ0n) is 17.4. The summed E-state index contributed by atoms with van der Waals surface area (Å²) < 4.78 is 37.2. The number of anilines is 1. The summed E-state index contributed by atoms with van der Waals surface area (Å²) in [5.41, 5.74) is 0.917. The number of ether oxygens (including phenoxy) is 2. The van der Waals surface area contributed by atoms with Gasteiger partial charge in [0.15, 0.2) is 6.61 Å². The number of nitrogens with zero attached hydrogens (tertiary/aromatic N) is 1. The topological polar surface area (TPSA) is 102 Å². The molecular weight excluding hydrogens is 420 g/mol. The van der Waals surface area contributed by atoms with Crippen LogP contribution in [-0.2, 0) is 19.6 Å². The van der Waals surface area contributed by atoms with E-state index >= 15 is 0 Å². The summed E-state index contributed by atoms with van der Waals surface area (Å²) in [5, 5.41) is 2.67. The first-order valence-electron chi connectivity index (χ1n) is 10.2. The van der Waals surface area contributed by atoms with Crippen LogP contribution in [0.2, 0.25) is 0 Å². The number of hydrogen-bond acceptors (Lipinski definition) is 6. The molecule has 0 bridgehead atoms. The van der Waals surface area contributed by atoms with Gasteiger partial charge in [-0.3, -0.25) is 4.79 Å². The van der Waals surface area contributed by atoms with E-state index in [9.17, 15) is 18.0 Å². The van der Waals surface area contributed by atoms with E-state index in [1.807, 2.05) is 0 Å². The summed E-state index contributed by atoms with van der Waals surface area (Å²) in [7, 11) is -3.50. The third-order valence-electron chi connectivity index (χ3n) is 4.83. The van der Waals surface area contributed by atoms with Crippen LogP contribution in [0.5, 0.6) is 5.75 Å². The van der Waals surface area contributed by atoms with Gasteiger partial charge in [-0.2, -0.15) is 4.31 Å². The second-order valence-electron chi connectivity index (χ2n) is 7.07. The Morgan fingerprint density at radius 1 is 0.968 bits per heavy atom. The lowest BCUT2D eigenvalue weighted by Crippen LogP contribution is -2.35. The van der Waals surface area contributed by atoms with Crippen LogP contribution in [-0.4, -0.2) is 50.9 Å². The Balaban J connectivity index is 1.52. The average molecular weight is 447 g/mol. The van der Waals surface area contributed by atoms with Crippen LogP contribution in [0, 0.1) is 0 Å². The Kier molecular flexibility index (Phi) is 7.64. The molecule has 1 aliphatic heterocycles. The van der Waals surface area contributed by atoms with E-state index < -0.39 is 16.0 Å². The van der Waals surface area contributed by atoms with Gasteiger partial charge in [-0.25, -0.2) is 13.2 Å². The molecule has 1 saturated heterocycles. The Labute approximate surface area is 182 Å². The molecule has 0 radical (unpaired) electrons. The van der Waals surface area contributed by atoms with Gasteiger partial charge in [0.2, 0.25) is 10.0 Å². The van der Waals surface area contributed by atoms with E-state index in [1.54, 1.807) is 31.2 Å². The molecule has 1 fully saturated rings. The Bertz CT molecular complexity index is 997. The van der Waals surface area contributed by atoms with Crippen molar-refractivity contribution < 1.29 is 27.5 Å². The van der Waals surface area contributed by atoms with Crippen LogP contribution in [0.15, 0.2) is 53.4 Å². The second kappa shape index (κ2) is 10.4. The van der Waals surface area contributed by atoms with Crippen molar-refractivity contribution in [2.24, 2.45) is 0 Å². The number of hydrogen-bond donors (Lipinski definition) is 1. The molecule has 0 unspecified atom stereocenters. The maximum atomic E-state index is 12.7. The first-order chi connectivity index (χ1) is 14.9. The van der Waals surface area contributed by atoms with E-state index in [0.717, 1.165) is 19.3 Å². The highest BCUT2D eigenvalue weighted by molar-refractivity contribution is 7.89. The number of sulfonamides is 1. The molecule has 0 saturated carbocycles. The number of amides is 1. The molecule has 3 rings (SSSR count). The third kappa shape index (κ3) is 6.05. The summed E-state index contributed by atoms with van der Waals surface area (Å²) in [4.78, 5) is 24.0. The van der Waals surface area contributed by atoms with Crippen LogP contribution >= 0.6 is 0 Å². The van der Waals surface area contributed by atoms with E-state index in [-0.39, 0.29) is 17.4 Å². The predicted molar refractivity (Wildman–Crippen MR) is 116 cm³/mol. The molecule has 0 spiro atoms. The molecule has 166 valence electrons. The van der Waals surface area contributed by atoms with E-state index in [4.69, 9.17) is 9.47 Å². The number of carbonyl (C=O) groups excluding carboxylic acids is 2. The highest BCUT2D eigenvalue weighted by atomic mass is 32.2. The van der Waals surface area contributed by atoms with Crippen molar-refractivity contribution >= 4 is 27.6 Å². The molecular formula is C22H26N2O6S. The van der Waals surface area contributed by atoms with Crippen LogP contribution in [0.3, 0.4) is 0 Å². The lowest BCUT2D eigenvalue weighted by Gasteiger charge is -2.25. The molecule has 1 heterocycles. The fourth-order valence-corrected chi connectivity index (χ4v) is 4.73. The summed E-state index contributed by atoms with van der Waals surface area (Å²) in [5.74, 6) is -0.409. The number of rotatable bonds is 8. The number of esters is 1. The van der Waals surface area contributed by atoms with Crippen LogP contribution in [0.1, 0.15) is 36.5 Å². The lowest BCUT2D eigenvalue weighted by molar-refractivity contribution is -0.118. The maximum Gasteiger partial charge on any atom is 0.338 e. The SMILES string of the molecule is CCOC(=O)c1ccc(NC(=O)COc2ccc(S(=O)(=O)N3CCCCC3)cc2)cc1. The molecule has 0 aromatic heterocycles. The molecule has 1 N–H and O–H groups in total. The van der Waals surface area contributed by atoms with Gasteiger partial charge >= 0.3 is 5.97 Å². The minimum Gasteiger partial charge on any atom is -0.484 e. The molecule has 0 atom stereocenters. The molecule has 2 aromatic carbocycles. The molecule has 2 aromatic rings. The molecule has 31 heavy (non-hydrogen) atoms. The number of carbonyl (C=O) groups is 2. The quantitative estimate of drug-likeness (QED) is 0.626. The highest BCUT2D eigenvalue weighted by Gasteiger charge is 2.25. The van der Waals surface area contributed by atoms with Crippen LogP contribution in [0.4, 0.5) is 5.69 Å². The molecule has 0 aliphatic carbocycles. The van der Waals surface area contributed by atoms with Gasteiger partial charge in [0.1, 0.15) is 5.75 Å². The van der Waals surface area contributed by atoms with Crippen molar-refractivity contribution in [3.05, 3.63) is 54.1 Å². The Morgan fingerprint density at radius 3 is 2.23 bits per heavy atom. The van der Waals surface area contributed by atoms with Crippen molar-refractivity contribution in [2.45, 2.75) is 31.1 Å². The van der Waals surface area contributed by atoms with Gasteiger partial charge in [0.25, 0.3) is 5.91 Å². The summed E-state index contributed by atoms with van der Waals surface area (Å²) in [6, 6.07) is 12.4. The van der Waals surface area contributed by atoms with Crippen LogP contribution in [0.25, 0.3) is 0 Å². The highest BCUT2D eigenvalue weighted by Crippen LogP contribution is 2.22. The summed E-state index contributed by atoms with van der Waals surface area (Å²) in [6.07, 6.45) is 2.80. The normalized spacial score (nSPS) is 14.6. The third-order valence-corrected chi connectivity index (χ3v) is 6.74. The first-order valence-corrected chi connectivity index (χ1v) is 11.6. The van der Waals surface area contributed by atoms with Gasteiger partial charge < -0.3 is 14.8 Å². The van der Waals surface area contributed by atoms with Crippen molar-refractivity contribution in [2.75, 3.05) is 31.6 Å². The van der Waals surface area contributed by atoms with E-state index in [2.05, 4.69) is 5.32 Å². The minimum atomic E-state index is -3.50. The lowest BCUT2D eigenvalue weighted by atomic mass is 10.2. The molecule has 8 nitrogen and oxygen atoms in total. The van der Waals surface area contributed by atoms with Crippen molar-refractivity contribution in [1.29, 1.82) is 0 Å². The van der Waals surface area contributed by atoms with Crippen molar-refractivity contribution in [3.8, 4) is 5.75 Å². The molecule has 1 aliphatic rings. The van der Waals surface area contributed by atoms with Gasteiger partial charge in [-0.05, 0) is 68.3 Å². The Hall–Kier alpha value is -2.91. The second-order valence-corrected chi connectivity index (χ2v) is 9.01. The maximum absolute atomic E-state index is 12.7. The van der Waals surface area contributed by atoms with Gasteiger partial charge in [-0.15, -0.1) is 0 Å². The summed E-state index contributed by atoms with van der Waals surface area (Å²) >= 11 is 0. The number of benzene rings is 2. The van der Waals surface area contributed by atoms with E-state index in [0.29, 0.717) is 36.7 Å². The molecule has 1 amide bonds. The number of nitrogens with one attached hydrogen (secondary N) is 1. The van der Waals surface area contributed by atoms with Crippen LogP contribution < -0.4 is 10.1 Å². The number of piperidine rings is 1. The summed E-state index contributed by atoms with van der Waals surface area (Å²) in [6.45, 7) is 2.87. The largest absolute Gasteiger partial charge is 0.484 e. The van der Waals surface area contributed by atoms with Crippen molar-refractivity contribution in [3.63, 3.8) is 0 Å².